The molecule has 0 spiro atoms. The molecule has 0 radical (unpaired) electrons. The average molecular weight is 352 g/mol. The van der Waals surface area contributed by atoms with Crippen LogP contribution in [0.5, 0.6) is 0 Å². The second-order valence-corrected chi connectivity index (χ2v) is 7.52. The van der Waals surface area contributed by atoms with Gasteiger partial charge in [-0.2, -0.15) is 4.57 Å². The summed E-state index contributed by atoms with van der Waals surface area (Å²) in [6.45, 7) is 7.31. The lowest BCUT2D eigenvalue weighted by atomic mass is 10.0. The lowest BCUT2D eigenvalue weighted by molar-refractivity contribution is -0.668. The smallest absolute Gasteiger partial charge is 0.262 e. The first-order chi connectivity index (χ1) is 12.3. The Labute approximate surface area is 154 Å². The fourth-order valence-corrected chi connectivity index (χ4v) is 4.42. The van der Waals surface area contributed by atoms with Crippen molar-refractivity contribution in [2.24, 2.45) is 0 Å². The fraction of sp³-hybridized carbons (Fsp3) is 0.318. The zero-order chi connectivity index (χ0) is 17.6. The summed E-state index contributed by atoms with van der Waals surface area (Å²) in [5.74, 6) is 0. The van der Waals surface area contributed by atoms with E-state index in [-0.39, 0.29) is 0 Å². The standard InChI is InChI=1S/C22H27N2S/c1-3-5-6-7-11-16-24-20(4-2)25-19-15-14-18(23)21(22(19)24)17-12-9-8-10-13-17/h4,8-10,12-15H,2-3,5-7,11,16,23H2,1H3/q+1. The van der Waals surface area contributed by atoms with Gasteiger partial charge in [-0.25, -0.2) is 0 Å². The minimum absolute atomic E-state index is 0.840. The molecule has 1 aromatic heterocycles. The number of hydrogen-bond donors (Lipinski definition) is 1. The zero-order valence-electron chi connectivity index (χ0n) is 15.0. The number of nitrogen functional groups attached to an aromatic ring is 1. The number of hydrogen-bond acceptors (Lipinski definition) is 2. The second-order valence-electron chi connectivity index (χ2n) is 6.45. The van der Waals surface area contributed by atoms with Crippen molar-refractivity contribution in [2.45, 2.75) is 45.6 Å². The van der Waals surface area contributed by atoms with Gasteiger partial charge in [-0.3, -0.25) is 0 Å². The number of nitrogens with zero attached hydrogens (tertiary/aromatic N) is 1. The molecule has 25 heavy (non-hydrogen) atoms. The largest absolute Gasteiger partial charge is 0.398 e. The monoisotopic (exact) mass is 351 g/mol. The minimum Gasteiger partial charge on any atom is -0.398 e. The van der Waals surface area contributed by atoms with Gasteiger partial charge < -0.3 is 5.73 Å². The Morgan fingerprint density at radius 2 is 1.80 bits per heavy atom. The van der Waals surface area contributed by atoms with E-state index < -0.39 is 0 Å². The van der Waals surface area contributed by atoms with Crippen LogP contribution in [0.2, 0.25) is 0 Å². The van der Waals surface area contributed by atoms with Gasteiger partial charge in [0, 0.05) is 18.2 Å². The molecule has 0 amide bonds. The number of aryl methyl sites for hydroxylation is 1. The third-order valence-electron chi connectivity index (χ3n) is 4.65. The van der Waals surface area contributed by atoms with E-state index in [1.807, 2.05) is 18.2 Å². The maximum atomic E-state index is 6.40. The molecule has 1 heterocycles. The average Bonchev–Trinajstić information content (AvgIpc) is 3.00. The normalized spacial score (nSPS) is 11.1. The van der Waals surface area contributed by atoms with Gasteiger partial charge in [-0.1, -0.05) is 74.4 Å². The summed E-state index contributed by atoms with van der Waals surface area (Å²) >= 11 is 1.80. The maximum absolute atomic E-state index is 6.40. The van der Waals surface area contributed by atoms with Crippen LogP contribution in [0.15, 0.2) is 49.0 Å². The van der Waals surface area contributed by atoms with E-state index in [0.29, 0.717) is 0 Å². The first kappa shape index (κ1) is 17.7. The molecule has 0 atom stereocenters. The molecule has 0 saturated carbocycles. The second kappa shape index (κ2) is 8.30. The first-order valence-electron chi connectivity index (χ1n) is 9.19. The Morgan fingerprint density at radius 3 is 2.52 bits per heavy atom. The quantitative estimate of drug-likeness (QED) is 0.299. The van der Waals surface area contributed by atoms with Crippen LogP contribution in [0, 0.1) is 0 Å². The molecule has 2 nitrogen and oxygen atoms in total. The number of anilines is 1. The van der Waals surface area contributed by atoms with Crippen LogP contribution < -0.4 is 10.3 Å². The molecule has 0 saturated heterocycles. The highest BCUT2D eigenvalue weighted by atomic mass is 32.1. The molecule has 0 aliphatic carbocycles. The van der Waals surface area contributed by atoms with Gasteiger partial charge in [0.25, 0.3) is 5.01 Å². The van der Waals surface area contributed by atoms with E-state index in [9.17, 15) is 0 Å². The number of unbranched alkanes of at least 4 members (excludes halogenated alkanes) is 4. The molecule has 0 fully saturated rings. The van der Waals surface area contributed by atoms with Gasteiger partial charge in [0.15, 0.2) is 6.54 Å². The Balaban J connectivity index is 2.05. The molecule has 3 aromatic rings. The van der Waals surface area contributed by atoms with Crippen molar-refractivity contribution in [1.29, 1.82) is 0 Å². The lowest BCUT2D eigenvalue weighted by Gasteiger charge is -2.07. The van der Waals surface area contributed by atoms with Crippen molar-refractivity contribution in [1.82, 2.24) is 0 Å². The van der Waals surface area contributed by atoms with Gasteiger partial charge >= 0.3 is 0 Å². The Bertz CT molecular complexity index is 849. The molecular formula is C22H27N2S+. The SMILES string of the molecule is C=Cc1sc2ccc(N)c(-c3ccccc3)c2[n+]1CCCCCCC. The van der Waals surface area contributed by atoms with Crippen LogP contribution in [-0.4, -0.2) is 0 Å². The van der Waals surface area contributed by atoms with Gasteiger partial charge in [-0.15, -0.1) is 0 Å². The first-order valence-corrected chi connectivity index (χ1v) is 10.0. The van der Waals surface area contributed by atoms with Gasteiger partial charge in [-0.05, 0) is 24.1 Å². The highest BCUT2D eigenvalue weighted by Crippen LogP contribution is 2.35. The highest BCUT2D eigenvalue weighted by Gasteiger charge is 2.23. The topological polar surface area (TPSA) is 29.9 Å². The number of aromatic nitrogens is 1. The van der Waals surface area contributed by atoms with Crippen molar-refractivity contribution < 1.29 is 4.57 Å². The number of rotatable bonds is 8. The van der Waals surface area contributed by atoms with E-state index in [4.69, 9.17) is 5.73 Å². The van der Waals surface area contributed by atoms with Crippen LogP contribution in [0.1, 0.15) is 44.0 Å². The molecule has 130 valence electrons. The predicted octanol–water partition coefficient (Wildman–Crippen LogP) is 6.05. The molecule has 2 aromatic carbocycles. The van der Waals surface area contributed by atoms with E-state index in [1.54, 1.807) is 11.3 Å². The summed E-state index contributed by atoms with van der Waals surface area (Å²) in [7, 11) is 0. The third-order valence-corrected chi connectivity index (χ3v) is 5.79. The maximum Gasteiger partial charge on any atom is 0.262 e. The summed E-state index contributed by atoms with van der Waals surface area (Å²) < 4.78 is 3.69. The van der Waals surface area contributed by atoms with Crippen molar-refractivity contribution in [3.05, 3.63) is 54.1 Å². The van der Waals surface area contributed by atoms with E-state index in [0.717, 1.165) is 17.8 Å². The number of benzene rings is 2. The fourth-order valence-electron chi connectivity index (χ4n) is 3.37. The van der Waals surface area contributed by atoms with Crippen LogP contribution in [-0.2, 0) is 6.54 Å². The summed E-state index contributed by atoms with van der Waals surface area (Å²) in [5, 5.41) is 1.22. The molecule has 0 bridgehead atoms. The van der Waals surface area contributed by atoms with Crippen molar-refractivity contribution in [3.8, 4) is 11.1 Å². The van der Waals surface area contributed by atoms with Crippen LogP contribution in [0.4, 0.5) is 5.69 Å². The minimum atomic E-state index is 0.840. The third kappa shape index (κ3) is 3.77. The van der Waals surface area contributed by atoms with Crippen LogP contribution in [0.25, 0.3) is 27.4 Å². The van der Waals surface area contributed by atoms with Gasteiger partial charge in [0.05, 0.1) is 5.56 Å². The van der Waals surface area contributed by atoms with Crippen LogP contribution >= 0.6 is 11.3 Å². The summed E-state index contributed by atoms with van der Waals surface area (Å²) in [6, 6.07) is 14.6. The summed E-state index contributed by atoms with van der Waals surface area (Å²) in [5.41, 5.74) is 10.8. The number of thiazole rings is 1. The zero-order valence-corrected chi connectivity index (χ0v) is 15.8. The molecule has 0 aliphatic rings. The lowest BCUT2D eigenvalue weighted by Crippen LogP contribution is -2.35. The van der Waals surface area contributed by atoms with Crippen molar-refractivity contribution in [2.75, 3.05) is 5.73 Å². The molecule has 2 N–H and O–H groups in total. The Hall–Kier alpha value is -2.13. The van der Waals surface area contributed by atoms with E-state index >= 15 is 0 Å². The Morgan fingerprint density at radius 1 is 1.04 bits per heavy atom. The Kier molecular flexibility index (Phi) is 5.87. The number of fused-ring (bicyclic) bond motifs is 1. The molecule has 0 aliphatic heterocycles. The molecule has 3 heteroatoms. The van der Waals surface area contributed by atoms with Gasteiger partial charge in [0.1, 0.15) is 4.70 Å². The summed E-state index contributed by atoms with van der Waals surface area (Å²) in [4.78, 5) is 0. The van der Waals surface area contributed by atoms with Crippen LogP contribution in [0.3, 0.4) is 0 Å². The molecule has 0 unspecified atom stereocenters. The predicted molar refractivity (Wildman–Crippen MR) is 111 cm³/mol. The highest BCUT2D eigenvalue weighted by molar-refractivity contribution is 7.19. The summed E-state index contributed by atoms with van der Waals surface area (Å²) in [6.07, 6.45) is 8.36. The van der Waals surface area contributed by atoms with Crippen molar-refractivity contribution in [3.63, 3.8) is 0 Å². The molecule has 3 rings (SSSR count). The van der Waals surface area contributed by atoms with E-state index in [2.05, 4.69) is 48.4 Å². The van der Waals surface area contributed by atoms with E-state index in [1.165, 1.54) is 52.9 Å². The van der Waals surface area contributed by atoms with Gasteiger partial charge in [0.2, 0.25) is 5.52 Å². The number of nitrogens with two attached hydrogens (primary N) is 1. The van der Waals surface area contributed by atoms with Crippen molar-refractivity contribution >= 4 is 33.3 Å². The molecular weight excluding hydrogens is 324 g/mol.